The molecule has 0 aromatic heterocycles. The maximum absolute atomic E-state index is 13.1. The molecule has 5 nitrogen and oxygen atoms in total. The van der Waals surface area contributed by atoms with Crippen molar-refractivity contribution >= 4 is 17.5 Å². The van der Waals surface area contributed by atoms with Gasteiger partial charge in [-0.25, -0.2) is 0 Å². The highest BCUT2D eigenvalue weighted by Crippen LogP contribution is 2.59. The molecule has 1 atom stereocenters. The Hall–Kier alpha value is -2.66. The quantitative estimate of drug-likeness (QED) is 0.755. The van der Waals surface area contributed by atoms with Gasteiger partial charge in [0, 0.05) is 36.8 Å². The maximum Gasteiger partial charge on any atom is 0.253 e. The highest BCUT2D eigenvalue weighted by atomic mass is 16.2. The van der Waals surface area contributed by atoms with E-state index in [1.54, 1.807) is 0 Å². The van der Waals surface area contributed by atoms with Gasteiger partial charge >= 0.3 is 0 Å². The molecule has 2 amide bonds. The lowest BCUT2D eigenvalue weighted by Gasteiger charge is -2.33. The van der Waals surface area contributed by atoms with Crippen LogP contribution in [-0.2, 0) is 11.3 Å². The lowest BCUT2D eigenvalue weighted by Crippen LogP contribution is -2.40. The van der Waals surface area contributed by atoms with Gasteiger partial charge < -0.3 is 10.2 Å². The van der Waals surface area contributed by atoms with E-state index < -0.39 is 0 Å². The lowest BCUT2D eigenvalue weighted by atomic mass is 9.90. The first-order valence-electron chi connectivity index (χ1n) is 12.1. The number of carbonyl (C=O) groups is 2. The number of para-hydroxylation sites is 1. The molecule has 1 saturated carbocycles. The number of rotatable bonds is 5. The van der Waals surface area contributed by atoms with Crippen LogP contribution in [0.4, 0.5) is 5.69 Å². The minimum atomic E-state index is 0.0690. The van der Waals surface area contributed by atoms with E-state index in [-0.39, 0.29) is 23.1 Å². The topological polar surface area (TPSA) is 52.7 Å². The standard InChI is InChI=1S/C27H33N3O2/c31-25(28-24-12-6-5-11-22(24)20-29-15-7-2-8-16-29)23-19-27(23)13-17-30(18-14-27)26(32)21-9-3-1-4-10-21/h1,3-6,9-12,23H,2,7-8,13-20H2,(H,28,31). The zero-order chi connectivity index (χ0) is 22.0. The molecular formula is C27H33N3O2. The first-order chi connectivity index (χ1) is 15.6. The van der Waals surface area contributed by atoms with Crippen LogP contribution in [0.15, 0.2) is 54.6 Å². The molecule has 0 radical (unpaired) electrons. The predicted molar refractivity (Wildman–Crippen MR) is 126 cm³/mol. The third-order valence-electron chi connectivity index (χ3n) is 7.69. The van der Waals surface area contributed by atoms with Gasteiger partial charge in [-0.05, 0) is 74.4 Å². The Kier molecular flexibility index (Phi) is 6.01. The van der Waals surface area contributed by atoms with Crippen molar-refractivity contribution in [3.8, 4) is 0 Å². The SMILES string of the molecule is O=C(Nc1ccccc1CN1CCCCC1)C1CC12CCN(C(=O)c1ccccc1)CC2. The van der Waals surface area contributed by atoms with Crippen LogP contribution in [-0.4, -0.2) is 47.8 Å². The molecular weight excluding hydrogens is 398 g/mol. The third kappa shape index (κ3) is 4.44. The number of piperidine rings is 2. The number of likely N-dealkylation sites (tertiary alicyclic amines) is 2. The van der Waals surface area contributed by atoms with Crippen molar-refractivity contribution in [2.45, 2.75) is 45.1 Å². The maximum atomic E-state index is 13.1. The molecule has 32 heavy (non-hydrogen) atoms. The van der Waals surface area contributed by atoms with E-state index in [0.29, 0.717) is 0 Å². The van der Waals surface area contributed by atoms with E-state index >= 15 is 0 Å². The second-order valence-corrected chi connectivity index (χ2v) is 9.76. The fourth-order valence-corrected chi connectivity index (χ4v) is 5.55. The van der Waals surface area contributed by atoms with Gasteiger partial charge in [0.15, 0.2) is 0 Å². The van der Waals surface area contributed by atoms with Gasteiger partial charge in [-0.2, -0.15) is 0 Å². The molecule has 2 heterocycles. The number of benzene rings is 2. The smallest absolute Gasteiger partial charge is 0.253 e. The molecule has 168 valence electrons. The number of nitrogens with one attached hydrogen (secondary N) is 1. The Labute approximate surface area is 190 Å². The molecule has 1 spiro atoms. The van der Waals surface area contributed by atoms with E-state index in [1.807, 2.05) is 47.4 Å². The van der Waals surface area contributed by atoms with Gasteiger partial charge in [0.2, 0.25) is 5.91 Å². The van der Waals surface area contributed by atoms with E-state index in [4.69, 9.17) is 0 Å². The Morgan fingerprint density at radius 2 is 1.56 bits per heavy atom. The summed E-state index contributed by atoms with van der Waals surface area (Å²) < 4.78 is 0. The van der Waals surface area contributed by atoms with Gasteiger partial charge in [-0.1, -0.05) is 42.8 Å². The molecule has 2 aromatic carbocycles. The Bertz CT molecular complexity index is 960. The van der Waals surface area contributed by atoms with Crippen LogP contribution in [0.2, 0.25) is 0 Å². The molecule has 5 heteroatoms. The predicted octanol–water partition coefficient (Wildman–Crippen LogP) is 4.55. The average molecular weight is 432 g/mol. The largest absolute Gasteiger partial charge is 0.339 e. The van der Waals surface area contributed by atoms with Crippen molar-refractivity contribution in [3.05, 3.63) is 65.7 Å². The normalized spacial score (nSPS) is 22.5. The summed E-state index contributed by atoms with van der Waals surface area (Å²) in [6.45, 7) is 4.67. The number of amides is 2. The molecule has 2 aromatic rings. The summed E-state index contributed by atoms with van der Waals surface area (Å²) in [6.07, 6.45) is 6.64. The number of anilines is 1. The molecule has 3 aliphatic rings. The van der Waals surface area contributed by atoms with Crippen LogP contribution in [0.3, 0.4) is 0 Å². The van der Waals surface area contributed by atoms with Gasteiger partial charge in [0.25, 0.3) is 5.91 Å². The fraction of sp³-hybridized carbons (Fsp3) is 0.481. The van der Waals surface area contributed by atoms with Crippen molar-refractivity contribution in [2.24, 2.45) is 11.3 Å². The van der Waals surface area contributed by atoms with Crippen molar-refractivity contribution in [2.75, 3.05) is 31.5 Å². The summed E-state index contributed by atoms with van der Waals surface area (Å²) in [5.41, 5.74) is 3.00. The van der Waals surface area contributed by atoms with Gasteiger partial charge in [0.1, 0.15) is 0 Å². The Morgan fingerprint density at radius 3 is 2.31 bits per heavy atom. The van der Waals surface area contributed by atoms with E-state index in [1.165, 1.54) is 24.8 Å². The van der Waals surface area contributed by atoms with E-state index in [0.717, 1.165) is 63.2 Å². The van der Waals surface area contributed by atoms with Crippen LogP contribution in [0.5, 0.6) is 0 Å². The van der Waals surface area contributed by atoms with E-state index in [2.05, 4.69) is 22.3 Å². The zero-order valence-electron chi connectivity index (χ0n) is 18.8. The number of nitrogens with zero attached hydrogens (tertiary/aromatic N) is 2. The number of hydrogen-bond acceptors (Lipinski definition) is 3. The monoisotopic (exact) mass is 431 g/mol. The molecule has 2 saturated heterocycles. The second-order valence-electron chi connectivity index (χ2n) is 9.76. The molecule has 3 fully saturated rings. The summed E-state index contributed by atoms with van der Waals surface area (Å²) in [6, 6.07) is 17.7. The fourth-order valence-electron chi connectivity index (χ4n) is 5.55. The van der Waals surface area contributed by atoms with Crippen LogP contribution in [0.1, 0.15) is 54.4 Å². The van der Waals surface area contributed by atoms with Crippen LogP contribution in [0.25, 0.3) is 0 Å². The molecule has 2 aliphatic heterocycles. The minimum absolute atomic E-state index is 0.0690. The zero-order valence-corrected chi connectivity index (χ0v) is 18.8. The van der Waals surface area contributed by atoms with Crippen molar-refractivity contribution in [1.29, 1.82) is 0 Å². The van der Waals surface area contributed by atoms with Crippen LogP contribution < -0.4 is 5.32 Å². The summed E-state index contributed by atoms with van der Waals surface area (Å²) in [5.74, 6) is 0.326. The number of hydrogen-bond donors (Lipinski definition) is 1. The first kappa shape index (κ1) is 21.2. The summed E-state index contributed by atoms with van der Waals surface area (Å²) in [4.78, 5) is 30.3. The van der Waals surface area contributed by atoms with Crippen LogP contribution >= 0.6 is 0 Å². The average Bonchev–Trinajstić information content (AvgIpc) is 3.55. The summed E-state index contributed by atoms with van der Waals surface area (Å²) in [7, 11) is 0. The highest BCUT2D eigenvalue weighted by Gasteiger charge is 2.58. The molecule has 1 N–H and O–H groups in total. The Morgan fingerprint density at radius 1 is 0.875 bits per heavy atom. The Balaban J connectivity index is 1.17. The summed E-state index contributed by atoms with van der Waals surface area (Å²) in [5, 5.41) is 3.25. The lowest BCUT2D eigenvalue weighted by molar-refractivity contribution is -0.118. The molecule has 1 aliphatic carbocycles. The summed E-state index contributed by atoms with van der Waals surface area (Å²) >= 11 is 0. The molecule has 5 rings (SSSR count). The van der Waals surface area contributed by atoms with Crippen molar-refractivity contribution < 1.29 is 9.59 Å². The van der Waals surface area contributed by atoms with Gasteiger partial charge in [-0.3, -0.25) is 14.5 Å². The van der Waals surface area contributed by atoms with Crippen molar-refractivity contribution in [3.63, 3.8) is 0 Å². The first-order valence-corrected chi connectivity index (χ1v) is 12.1. The highest BCUT2D eigenvalue weighted by molar-refractivity contribution is 5.96. The minimum Gasteiger partial charge on any atom is -0.339 e. The third-order valence-corrected chi connectivity index (χ3v) is 7.69. The van der Waals surface area contributed by atoms with Crippen LogP contribution in [0, 0.1) is 11.3 Å². The molecule has 0 bridgehead atoms. The number of carbonyl (C=O) groups excluding carboxylic acids is 2. The van der Waals surface area contributed by atoms with Gasteiger partial charge in [0.05, 0.1) is 0 Å². The van der Waals surface area contributed by atoms with Crippen molar-refractivity contribution in [1.82, 2.24) is 9.80 Å². The second kappa shape index (κ2) is 9.07. The molecule has 1 unspecified atom stereocenters. The van der Waals surface area contributed by atoms with E-state index in [9.17, 15) is 9.59 Å². The van der Waals surface area contributed by atoms with Gasteiger partial charge in [-0.15, -0.1) is 0 Å².